The fourth-order valence-electron chi connectivity index (χ4n) is 1.88. The topological polar surface area (TPSA) is 130 Å². The number of H-pyrrole nitrogens is 1. The molecule has 0 bridgehead atoms. The van der Waals surface area contributed by atoms with Crippen molar-refractivity contribution in [2.24, 2.45) is 0 Å². The zero-order chi connectivity index (χ0) is 15.5. The second-order valence-corrected chi connectivity index (χ2v) is 6.38. The fourth-order valence-corrected chi connectivity index (χ4v) is 2.83. The largest absolute Gasteiger partial charge is 0.399 e. The number of fused-ring (bicyclic) bond motifs is 1. The summed E-state index contributed by atoms with van der Waals surface area (Å²) in [6.45, 7) is 2.01. The van der Waals surface area contributed by atoms with E-state index < -0.39 is 15.9 Å². The number of carbonyl (C=O) groups is 1. The lowest BCUT2D eigenvalue weighted by Crippen LogP contribution is -2.34. The minimum absolute atomic E-state index is 0.00480. The molecule has 1 aromatic carbocycles. The highest BCUT2D eigenvalue weighted by molar-refractivity contribution is 7.89. The summed E-state index contributed by atoms with van der Waals surface area (Å²) in [6.07, 6.45) is 0. The molecule has 9 heteroatoms. The summed E-state index contributed by atoms with van der Waals surface area (Å²) in [7, 11) is -3.36. The number of rotatable bonds is 6. The van der Waals surface area contributed by atoms with Gasteiger partial charge in [-0.2, -0.15) is 5.10 Å². The molecule has 0 unspecified atom stereocenters. The maximum atomic E-state index is 12.0. The molecule has 21 heavy (non-hydrogen) atoms. The van der Waals surface area contributed by atoms with E-state index in [4.69, 9.17) is 5.73 Å². The van der Waals surface area contributed by atoms with Crippen LogP contribution in [0.15, 0.2) is 18.2 Å². The number of nitrogens with two attached hydrogens (primary N) is 1. The minimum Gasteiger partial charge on any atom is -0.399 e. The van der Waals surface area contributed by atoms with Crippen LogP contribution in [0.2, 0.25) is 0 Å². The van der Waals surface area contributed by atoms with E-state index in [-0.39, 0.29) is 18.0 Å². The van der Waals surface area contributed by atoms with Crippen LogP contribution < -0.4 is 15.8 Å². The van der Waals surface area contributed by atoms with Gasteiger partial charge in [0.25, 0.3) is 5.91 Å². The van der Waals surface area contributed by atoms with Crippen LogP contribution in [0.5, 0.6) is 0 Å². The average Bonchev–Trinajstić information content (AvgIpc) is 2.81. The third-order valence-electron chi connectivity index (χ3n) is 2.82. The second-order valence-electron chi connectivity index (χ2n) is 4.45. The second kappa shape index (κ2) is 6.10. The lowest BCUT2D eigenvalue weighted by Gasteiger charge is -2.05. The van der Waals surface area contributed by atoms with Crippen LogP contribution >= 0.6 is 0 Å². The van der Waals surface area contributed by atoms with Gasteiger partial charge in [-0.25, -0.2) is 13.1 Å². The summed E-state index contributed by atoms with van der Waals surface area (Å²) in [6, 6.07) is 5.07. The molecule has 0 saturated heterocycles. The molecular weight excluding hydrogens is 294 g/mol. The third-order valence-corrected chi connectivity index (χ3v) is 4.29. The Morgan fingerprint density at radius 1 is 1.43 bits per heavy atom. The number of hydrogen-bond donors (Lipinski definition) is 4. The highest BCUT2D eigenvalue weighted by Crippen LogP contribution is 2.18. The van der Waals surface area contributed by atoms with E-state index in [1.165, 1.54) is 0 Å². The first kappa shape index (κ1) is 15.3. The van der Waals surface area contributed by atoms with Crippen molar-refractivity contribution in [3.8, 4) is 0 Å². The number of benzene rings is 1. The van der Waals surface area contributed by atoms with Crippen LogP contribution in [-0.4, -0.2) is 43.4 Å². The number of anilines is 1. The van der Waals surface area contributed by atoms with Gasteiger partial charge in [-0.3, -0.25) is 9.89 Å². The number of amides is 1. The Hall–Kier alpha value is -2.13. The van der Waals surface area contributed by atoms with E-state index in [0.717, 1.165) is 0 Å². The number of nitrogens with one attached hydrogen (secondary N) is 3. The van der Waals surface area contributed by atoms with Crippen molar-refractivity contribution >= 4 is 32.5 Å². The predicted molar refractivity (Wildman–Crippen MR) is 80.3 cm³/mol. The Bertz CT molecular complexity index is 753. The summed E-state index contributed by atoms with van der Waals surface area (Å²) in [5.41, 5.74) is 7.08. The van der Waals surface area contributed by atoms with E-state index >= 15 is 0 Å². The summed E-state index contributed by atoms with van der Waals surface area (Å²) >= 11 is 0. The molecule has 0 atom stereocenters. The lowest BCUT2D eigenvalue weighted by atomic mass is 10.2. The summed E-state index contributed by atoms with van der Waals surface area (Å²) < 4.78 is 25.3. The average molecular weight is 311 g/mol. The molecule has 5 N–H and O–H groups in total. The van der Waals surface area contributed by atoms with Crippen molar-refractivity contribution in [1.82, 2.24) is 20.2 Å². The van der Waals surface area contributed by atoms with Crippen molar-refractivity contribution in [2.45, 2.75) is 6.92 Å². The van der Waals surface area contributed by atoms with Crippen molar-refractivity contribution in [2.75, 3.05) is 24.6 Å². The number of nitrogens with zero attached hydrogens (tertiary/aromatic N) is 1. The van der Waals surface area contributed by atoms with E-state index in [2.05, 4.69) is 20.2 Å². The molecular formula is C12H17N5O3S. The quantitative estimate of drug-likeness (QED) is 0.550. The van der Waals surface area contributed by atoms with Crippen LogP contribution in [0.4, 0.5) is 5.69 Å². The van der Waals surface area contributed by atoms with Gasteiger partial charge in [0.2, 0.25) is 10.0 Å². The Kier molecular flexibility index (Phi) is 4.43. The molecule has 0 radical (unpaired) electrons. The molecule has 2 rings (SSSR count). The molecule has 0 saturated carbocycles. The van der Waals surface area contributed by atoms with E-state index in [1.807, 2.05) is 0 Å². The first-order valence-corrected chi connectivity index (χ1v) is 8.07. The highest BCUT2D eigenvalue weighted by atomic mass is 32.2. The Morgan fingerprint density at radius 2 is 2.19 bits per heavy atom. The SMILES string of the molecule is CCNS(=O)(=O)CCNC(=O)c1n[nH]c2ccc(N)cc12. The van der Waals surface area contributed by atoms with Gasteiger partial charge in [-0.15, -0.1) is 0 Å². The number of hydrogen-bond acceptors (Lipinski definition) is 5. The predicted octanol–water partition coefficient (Wildman–Crippen LogP) is -0.186. The Morgan fingerprint density at radius 3 is 2.90 bits per heavy atom. The number of aromatic nitrogens is 2. The molecule has 0 aliphatic heterocycles. The molecule has 114 valence electrons. The zero-order valence-corrected chi connectivity index (χ0v) is 12.3. The smallest absolute Gasteiger partial charge is 0.272 e. The molecule has 8 nitrogen and oxygen atoms in total. The highest BCUT2D eigenvalue weighted by Gasteiger charge is 2.15. The van der Waals surface area contributed by atoms with Crippen LogP contribution in [-0.2, 0) is 10.0 Å². The van der Waals surface area contributed by atoms with Gasteiger partial charge in [0.15, 0.2) is 5.69 Å². The zero-order valence-electron chi connectivity index (χ0n) is 11.5. The molecule has 1 aromatic heterocycles. The van der Waals surface area contributed by atoms with Gasteiger partial charge in [-0.05, 0) is 18.2 Å². The maximum Gasteiger partial charge on any atom is 0.272 e. The Balaban J connectivity index is 2.04. The third kappa shape index (κ3) is 3.70. The normalized spacial score (nSPS) is 11.7. The first-order chi connectivity index (χ1) is 9.93. The maximum absolute atomic E-state index is 12.0. The molecule has 1 amide bonds. The first-order valence-electron chi connectivity index (χ1n) is 6.42. The van der Waals surface area contributed by atoms with E-state index in [9.17, 15) is 13.2 Å². The summed E-state index contributed by atoms with van der Waals surface area (Å²) in [4.78, 5) is 12.0. The molecule has 0 spiro atoms. The monoisotopic (exact) mass is 311 g/mol. The van der Waals surface area contributed by atoms with Gasteiger partial charge in [-0.1, -0.05) is 6.92 Å². The van der Waals surface area contributed by atoms with Crippen LogP contribution in [0.3, 0.4) is 0 Å². The van der Waals surface area contributed by atoms with Crippen molar-refractivity contribution in [3.63, 3.8) is 0 Å². The molecule has 2 aromatic rings. The van der Waals surface area contributed by atoms with Crippen molar-refractivity contribution in [1.29, 1.82) is 0 Å². The number of carbonyl (C=O) groups excluding carboxylic acids is 1. The van der Waals surface area contributed by atoms with Crippen LogP contribution in [0, 0.1) is 0 Å². The van der Waals surface area contributed by atoms with Gasteiger partial charge in [0, 0.05) is 24.2 Å². The Labute approximate surface area is 122 Å². The van der Waals surface area contributed by atoms with Crippen molar-refractivity contribution < 1.29 is 13.2 Å². The fraction of sp³-hybridized carbons (Fsp3) is 0.333. The lowest BCUT2D eigenvalue weighted by molar-refractivity contribution is 0.0952. The minimum atomic E-state index is -3.36. The van der Waals surface area contributed by atoms with Gasteiger partial charge >= 0.3 is 0 Å². The van der Waals surface area contributed by atoms with Gasteiger partial charge in [0.1, 0.15) is 0 Å². The standard InChI is InChI=1S/C12H17N5O3S/c1-2-15-21(19,20)6-5-14-12(18)11-9-7-8(13)3-4-10(9)16-17-11/h3-4,7,15H,2,5-6,13H2,1H3,(H,14,18)(H,16,17). The molecule has 0 aliphatic carbocycles. The van der Waals surface area contributed by atoms with Crippen molar-refractivity contribution in [3.05, 3.63) is 23.9 Å². The number of sulfonamides is 1. The van der Waals surface area contributed by atoms with Crippen LogP contribution in [0.25, 0.3) is 10.9 Å². The number of aromatic amines is 1. The molecule has 1 heterocycles. The van der Waals surface area contributed by atoms with E-state index in [1.54, 1.807) is 25.1 Å². The van der Waals surface area contributed by atoms with Crippen LogP contribution in [0.1, 0.15) is 17.4 Å². The van der Waals surface area contributed by atoms with Gasteiger partial charge < -0.3 is 11.1 Å². The summed E-state index contributed by atoms with van der Waals surface area (Å²) in [5.74, 6) is -0.629. The molecule has 0 fully saturated rings. The van der Waals surface area contributed by atoms with Gasteiger partial charge in [0.05, 0.1) is 11.3 Å². The molecule has 0 aliphatic rings. The number of nitrogen functional groups attached to an aromatic ring is 1. The summed E-state index contributed by atoms with van der Waals surface area (Å²) in [5, 5.41) is 9.79. The van der Waals surface area contributed by atoms with E-state index in [0.29, 0.717) is 23.1 Å².